The van der Waals surface area contributed by atoms with Gasteiger partial charge in [-0.2, -0.15) is 13.2 Å². The molecule has 0 aromatic heterocycles. The summed E-state index contributed by atoms with van der Waals surface area (Å²) in [6.07, 6.45) is -2.22. The van der Waals surface area contributed by atoms with Gasteiger partial charge in [-0.05, 0) is 32.6 Å². The van der Waals surface area contributed by atoms with Crippen LogP contribution in [0.3, 0.4) is 0 Å². The molecular weight excluding hydrogens is 169 g/mol. The smallest absolute Gasteiger partial charge is 0.366 e. The summed E-state index contributed by atoms with van der Waals surface area (Å²) in [5.41, 5.74) is -0.602. The molecule has 0 radical (unpaired) electrons. The Balaban J connectivity index is 2.30. The number of ether oxygens (including phenoxy) is 1. The van der Waals surface area contributed by atoms with Gasteiger partial charge in [0.15, 0.2) is 0 Å². The third-order valence-corrected chi connectivity index (χ3v) is 2.17. The first-order valence-corrected chi connectivity index (χ1v) is 4.02. The predicted octanol–water partition coefficient (Wildman–Crippen LogP) is 2.75. The number of alkyl halides is 3. The van der Waals surface area contributed by atoms with Gasteiger partial charge in [-0.3, -0.25) is 0 Å². The van der Waals surface area contributed by atoms with Gasteiger partial charge in [0.2, 0.25) is 0 Å². The zero-order valence-electron chi connectivity index (χ0n) is 7.24. The van der Waals surface area contributed by atoms with Gasteiger partial charge in [0.25, 0.3) is 0 Å². The topological polar surface area (TPSA) is 9.23 Å². The minimum atomic E-state index is -4.20. The Hall–Kier alpha value is -0.250. The fourth-order valence-corrected chi connectivity index (χ4v) is 1.16. The summed E-state index contributed by atoms with van der Waals surface area (Å²) in [4.78, 5) is 0. The van der Waals surface area contributed by atoms with E-state index < -0.39 is 18.4 Å². The van der Waals surface area contributed by atoms with Crippen LogP contribution in [-0.2, 0) is 4.74 Å². The highest BCUT2D eigenvalue weighted by atomic mass is 19.4. The molecule has 12 heavy (non-hydrogen) atoms. The Morgan fingerprint density at radius 3 is 2.08 bits per heavy atom. The SMILES string of the molecule is CC(C)(OCC(F)(F)F)C1CC1. The maximum atomic E-state index is 11.7. The highest BCUT2D eigenvalue weighted by Crippen LogP contribution is 2.41. The second-order valence-corrected chi connectivity index (χ2v) is 3.78. The van der Waals surface area contributed by atoms with Crippen LogP contribution in [0.1, 0.15) is 26.7 Å². The molecule has 0 heterocycles. The molecule has 0 unspecified atom stereocenters. The molecule has 0 bridgehead atoms. The average molecular weight is 182 g/mol. The van der Waals surface area contributed by atoms with E-state index >= 15 is 0 Å². The largest absolute Gasteiger partial charge is 0.411 e. The maximum absolute atomic E-state index is 11.7. The summed E-state index contributed by atoms with van der Waals surface area (Å²) in [5, 5.41) is 0. The van der Waals surface area contributed by atoms with Crippen molar-refractivity contribution in [2.75, 3.05) is 6.61 Å². The minimum Gasteiger partial charge on any atom is -0.366 e. The molecule has 1 aliphatic carbocycles. The Bertz CT molecular complexity index is 158. The van der Waals surface area contributed by atoms with Crippen molar-refractivity contribution in [2.45, 2.75) is 38.5 Å². The van der Waals surface area contributed by atoms with Crippen LogP contribution in [0.2, 0.25) is 0 Å². The molecule has 0 aromatic carbocycles. The van der Waals surface area contributed by atoms with E-state index in [1.165, 1.54) is 0 Å². The van der Waals surface area contributed by atoms with Crippen molar-refractivity contribution in [1.29, 1.82) is 0 Å². The molecular formula is C8H13F3O. The van der Waals surface area contributed by atoms with Crippen molar-refractivity contribution in [1.82, 2.24) is 0 Å². The van der Waals surface area contributed by atoms with Crippen molar-refractivity contribution in [3.05, 3.63) is 0 Å². The van der Waals surface area contributed by atoms with Crippen LogP contribution in [0, 0.1) is 5.92 Å². The number of rotatable bonds is 3. The van der Waals surface area contributed by atoms with Crippen LogP contribution in [0.25, 0.3) is 0 Å². The lowest BCUT2D eigenvalue weighted by Gasteiger charge is -2.25. The van der Waals surface area contributed by atoms with Gasteiger partial charge in [-0.15, -0.1) is 0 Å². The van der Waals surface area contributed by atoms with Gasteiger partial charge in [0.05, 0.1) is 5.60 Å². The Morgan fingerprint density at radius 1 is 1.25 bits per heavy atom. The lowest BCUT2D eigenvalue weighted by molar-refractivity contribution is -0.203. The average Bonchev–Trinajstić information content (AvgIpc) is 2.62. The second kappa shape index (κ2) is 2.91. The van der Waals surface area contributed by atoms with Gasteiger partial charge in [-0.25, -0.2) is 0 Å². The molecule has 0 saturated heterocycles. The molecule has 4 heteroatoms. The van der Waals surface area contributed by atoms with Crippen LogP contribution in [0.15, 0.2) is 0 Å². The van der Waals surface area contributed by atoms with Gasteiger partial charge in [-0.1, -0.05) is 0 Å². The second-order valence-electron chi connectivity index (χ2n) is 3.78. The first-order chi connectivity index (χ1) is 5.31. The summed E-state index contributed by atoms with van der Waals surface area (Å²) in [7, 11) is 0. The fraction of sp³-hybridized carbons (Fsp3) is 1.00. The van der Waals surface area contributed by atoms with Gasteiger partial charge in [0.1, 0.15) is 6.61 Å². The monoisotopic (exact) mass is 182 g/mol. The zero-order valence-corrected chi connectivity index (χ0v) is 7.24. The Kier molecular flexibility index (Phi) is 2.38. The first-order valence-electron chi connectivity index (χ1n) is 4.02. The van der Waals surface area contributed by atoms with Crippen molar-refractivity contribution in [3.63, 3.8) is 0 Å². The van der Waals surface area contributed by atoms with Crippen LogP contribution >= 0.6 is 0 Å². The van der Waals surface area contributed by atoms with E-state index in [4.69, 9.17) is 4.74 Å². The maximum Gasteiger partial charge on any atom is 0.411 e. The molecule has 0 amide bonds. The van der Waals surface area contributed by atoms with Crippen LogP contribution in [-0.4, -0.2) is 18.4 Å². The molecule has 72 valence electrons. The summed E-state index contributed by atoms with van der Waals surface area (Å²) in [6, 6.07) is 0. The first kappa shape index (κ1) is 9.84. The number of hydrogen-bond donors (Lipinski definition) is 0. The fourth-order valence-electron chi connectivity index (χ4n) is 1.16. The molecule has 1 fully saturated rings. The van der Waals surface area contributed by atoms with E-state index in [0.717, 1.165) is 12.8 Å². The van der Waals surface area contributed by atoms with E-state index in [1.807, 2.05) is 0 Å². The van der Waals surface area contributed by atoms with E-state index in [9.17, 15) is 13.2 Å². The van der Waals surface area contributed by atoms with Crippen molar-refractivity contribution < 1.29 is 17.9 Å². The Labute approximate surface area is 69.9 Å². The van der Waals surface area contributed by atoms with Crippen molar-refractivity contribution in [2.24, 2.45) is 5.92 Å². The quantitative estimate of drug-likeness (QED) is 0.652. The van der Waals surface area contributed by atoms with E-state index in [1.54, 1.807) is 13.8 Å². The molecule has 0 aliphatic heterocycles. The molecule has 1 saturated carbocycles. The third kappa shape index (κ3) is 3.01. The van der Waals surface area contributed by atoms with E-state index in [2.05, 4.69) is 0 Å². The molecule has 0 N–H and O–H groups in total. The zero-order chi connectivity index (χ0) is 9.41. The minimum absolute atomic E-state index is 0.319. The van der Waals surface area contributed by atoms with Gasteiger partial charge < -0.3 is 4.74 Å². The third-order valence-electron chi connectivity index (χ3n) is 2.17. The molecule has 1 nitrogen and oxygen atoms in total. The summed E-state index contributed by atoms with van der Waals surface area (Å²) >= 11 is 0. The highest BCUT2D eigenvalue weighted by Gasteiger charge is 2.41. The lowest BCUT2D eigenvalue weighted by atomic mass is 10.0. The molecule has 1 aliphatic rings. The van der Waals surface area contributed by atoms with Crippen LogP contribution in [0.4, 0.5) is 13.2 Å². The van der Waals surface area contributed by atoms with Crippen molar-refractivity contribution >= 4 is 0 Å². The van der Waals surface area contributed by atoms with Gasteiger partial charge >= 0.3 is 6.18 Å². The van der Waals surface area contributed by atoms with Crippen LogP contribution < -0.4 is 0 Å². The highest BCUT2D eigenvalue weighted by molar-refractivity contribution is 4.89. The molecule has 0 atom stereocenters. The number of hydrogen-bond acceptors (Lipinski definition) is 1. The standard InChI is InChI=1S/C8H13F3O/c1-7(2,6-3-4-6)12-5-8(9,10)11/h6H,3-5H2,1-2H3. The normalized spacial score (nSPS) is 19.8. The van der Waals surface area contributed by atoms with Crippen LogP contribution in [0.5, 0.6) is 0 Å². The summed E-state index contributed by atoms with van der Waals surface area (Å²) in [6.45, 7) is 2.31. The van der Waals surface area contributed by atoms with E-state index in [-0.39, 0.29) is 0 Å². The Morgan fingerprint density at radius 2 is 1.75 bits per heavy atom. The molecule has 0 spiro atoms. The lowest BCUT2D eigenvalue weighted by Crippen LogP contribution is -2.32. The predicted molar refractivity (Wildman–Crippen MR) is 38.8 cm³/mol. The van der Waals surface area contributed by atoms with Crippen molar-refractivity contribution in [3.8, 4) is 0 Å². The summed E-state index contributed by atoms with van der Waals surface area (Å²) < 4.78 is 40.0. The summed E-state index contributed by atoms with van der Waals surface area (Å²) in [5.74, 6) is 0.319. The van der Waals surface area contributed by atoms with E-state index in [0.29, 0.717) is 5.92 Å². The van der Waals surface area contributed by atoms with Gasteiger partial charge in [0, 0.05) is 0 Å². The molecule has 1 rings (SSSR count). The molecule has 0 aromatic rings. The number of halogens is 3.